The summed E-state index contributed by atoms with van der Waals surface area (Å²) in [6.07, 6.45) is 0.438. The molecule has 0 aliphatic carbocycles. The quantitative estimate of drug-likeness (QED) is 0.546. The third-order valence-corrected chi connectivity index (χ3v) is 6.10. The predicted molar refractivity (Wildman–Crippen MR) is 134 cm³/mol. The van der Waals surface area contributed by atoms with Crippen LogP contribution in [0.1, 0.15) is 41.8 Å². The molecule has 4 rings (SSSR count). The average molecular weight is 488 g/mol. The molecule has 1 aromatic heterocycles. The molecule has 9 heteroatoms. The summed E-state index contributed by atoms with van der Waals surface area (Å²) in [5.41, 5.74) is 2.28. The summed E-state index contributed by atoms with van der Waals surface area (Å²) in [7, 11) is 1.41. The minimum Gasteiger partial charge on any atom is -0.478 e. The van der Waals surface area contributed by atoms with Crippen molar-refractivity contribution >= 4 is 11.9 Å². The van der Waals surface area contributed by atoms with Crippen LogP contribution in [-0.2, 0) is 24.3 Å². The first-order valence-electron chi connectivity index (χ1n) is 11.7. The van der Waals surface area contributed by atoms with E-state index in [4.69, 9.17) is 14.8 Å². The number of anilines is 1. The van der Waals surface area contributed by atoms with Crippen LogP contribution in [0, 0.1) is 18.3 Å². The van der Waals surface area contributed by atoms with E-state index in [2.05, 4.69) is 16.4 Å². The number of ether oxygens (including phenoxy) is 1. The molecule has 0 saturated carbocycles. The number of rotatable bonds is 7. The van der Waals surface area contributed by atoms with Crippen LogP contribution in [0.2, 0.25) is 0 Å². The van der Waals surface area contributed by atoms with Crippen LogP contribution in [-0.4, -0.2) is 39.8 Å². The Morgan fingerprint density at radius 3 is 2.50 bits per heavy atom. The number of carbonyl (C=O) groups excluding carboxylic acids is 1. The third kappa shape index (κ3) is 5.18. The van der Waals surface area contributed by atoms with E-state index in [1.54, 1.807) is 43.0 Å². The van der Waals surface area contributed by atoms with Gasteiger partial charge >= 0.3 is 0 Å². The number of aromatic nitrogens is 2. The topological polar surface area (TPSA) is 109 Å². The molecule has 0 fully saturated rings. The summed E-state index contributed by atoms with van der Waals surface area (Å²) in [6.45, 7) is 6.41. The summed E-state index contributed by atoms with van der Waals surface area (Å²) in [4.78, 5) is 38.2. The van der Waals surface area contributed by atoms with Crippen LogP contribution in [0.5, 0.6) is 5.75 Å². The predicted octanol–water partition coefficient (Wildman–Crippen LogP) is 2.84. The van der Waals surface area contributed by atoms with E-state index in [9.17, 15) is 9.59 Å². The van der Waals surface area contributed by atoms with Crippen molar-refractivity contribution in [3.8, 4) is 11.8 Å². The first kappa shape index (κ1) is 24.8. The number of hydrogen-bond acceptors (Lipinski definition) is 7. The average Bonchev–Trinajstić information content (AvgIpc) is 2.88. The molecule has 186 valence electrons. The smallest absolute Gasteiger partial charge is 0.293 e. The van der Waals surface area contributed by atoms with Gasteiger partial charge in [-0.05, 0) is 50.6 Å². The van der Waals surface area contributed by atoms with Gasteiger partial charge in [-0.1, -0.05) is 29.8 Å². The lowest BCUT2D eigenvalue weighted by Crippen LogP contribution is -2.51. The van der Waals surface area contributed by atoms with Gasteiger partial charge in [-0.15, -0.1) is 4.73 Å². The lowest BCUT2D eigenvalue weighted by atomic mass is 10.0. The van der Waals surface area contributed by atoms with Crippen LogP contribution in [0.4, 0.5) is 5.95 Å². The Morgan fingerprint density at radius 1 is 1.17 bits per heavy atom. The lowest BCUT2D eigenvalue weighted by molar-refractivity contribution is -0.146. The lowest BCUT2D eigenvalue weighted by Gasteiger charge is -2.35. The zero-order valence-electron chi connectivity index (χ0n) is 20.9. The molecule has 0 bridgehead atoms. The Bertz CT molecular complexity index is 1360. The first-order valence-corrected chi connectivity index (χ1v) is 11.7. The summed E-state index contributed by atoms with van der Waals surface area (Å²) < 4.78 is 7.07. The summed E-state index contributed by atoms with van der Waals surface area (Å²) in [5, 5.41) is 12.2. The van der Waals surface area contributed by atoms with E-state index in [1.807, 2.05) is 31.2 Å². The number of benzene rings is 2. The molecule has 1 N–H and O–H groups in total. The summed E-state index contributed by atoms with van der Waals surface area (Å²) in [5.74, 6) is 0.561. The molecule has 0 spiro atoms. The van der Waals surface area contributed by atoms with Crippen LogP contribution in [0.15, 0.2) is 53.3 Å². The van der Waals surface area contributed by atoms with Gasteiger partial charge in [-0.25, -0.2) is 4.98 Å². The van der Waals surface area contributed by atoms with E-state index in [0.717, 1.165) is 10.3 Å². The highest BCUT2D eigenvalue weighted by Gasteiger charge is 2.37. The number of nitriles is 1. The van der Waals surface area contributed by atoms with Gasteiger partial charge in [0.05, 0.1) is 29.4 Å². The highest BCUT2D eigenvalue weighted by atomic mass is 16.7. The van der Waals surface area contributed by atoms with Crippen molar-refractivity contribution in [1.82, 2.24) is 14.6 Å². The fourth-order valence-corrected chi connectivity index (χ4v) is 4.12. The Morgan fingerprint density at radius 2 is 1.86 bits per heavy atom. The van der Waals surface area contributed by atoms with Crippen LogP contribution in [0.3, 0.4) is 0 Å². The molecule has 1 amide bonds. The molecule has 36 heavy (non-hydrogen) atoms. The van der Waals surface area contributed by atoms with Crippen molar-refractivity contribution in [1.29, 1.82) is 5.26 Å². The molecule has 3 aromatic rings. The Kier molecular flexibility index (Phi) is 6.97. The van der Waals surface area contributed by atoms with Crippen LogP contribution < -0.4 is 20.5 Å². The molecule has 9 nitrogen and oxygen atoms in total. The molecule has 0 saturated heterocycles. The number of hydrogen-bond donors (Lipinski definition) is 1. The van der Waals surface area contributed by atoms with E-state index in [0.29, 0.717) is 48.0 Å². The SMILES string of the molecule is COn1c(NCc2ccc(C)cc2)nc2c(c1=O)CN(C(=O)C(C)(C)Oc1ccc(C#N)cc1)CC2. The minimum absolute atomic E-state index is 0.113. The maximum absolute atomic E-state index is 13.3. The summed E-state index contributed by atoms with van der Waals surface area (Å²) >= 11 is 0. The molecule has 0 unspecified atom stereocenters. The normalized spacial score (nSPS) is 12.9. The molecule has 1 aliphatic rings. The van der Waals surface area contributed by atoms with Crippen molar-refractivity contribution < 1.29 is 14.4 Å². The molecule has 0 atom stereocenters. The second-order valence-corrected chi connectivity index (χ2v) is 9.21. The number of amides is 1. The highest BCUT2D eigenvalue weighted by molar-refractivity contribution is 5.85. The van der Waals surface area contributed by atoms with Gasteiger partial charge in [0.1, 0.15) is 12.9 Å². The zero-order valence-corrected chi connectivity index (χ0v) is 20.9. The molecule has 1 aliphatic heterocycles. The van der Waals surface area contributed by atoms with Crippen molar-refractivity contribution in [2.24, 2.45) is 0 Å². The Balaban J connectivity index is 1.51. The van der Waals surface area contributed by atoms with Gasteiger partial charge in [0.15, 0.2) is 5.60 Å². The summed E-state index contributed by atoms with van der Waals surface area (Å²) in [6, 6.07) is 16.7. The fourth-order valence-electron chi connectivity index (χ4n) is 4.12. The first-order chi connectivity index (χ1) is 17.2. The second kappa shape index (κ2) is 10.1. The van der Waals surface area contributed by atoms with Crippen molar-refractivity contribution in [3.63, 3.8) is 0 Å². The van der Waals surface area contributed by atoms with E-state index < -0.39 is 5.60 Å². The standard InChI is InChI=1S/C27H29N5O4/c1-18-5-7-20(8-6-18)16-29-26-30-23-13-14-31(17-22(23)24(33)32(26)35-4)25(34)27(2,3)36-21-11-9-19(15-28)10-12-21/h5-12H,13-14,16-17H2,1-4H3,(H,29,30). The monoisotopic (exact) mass is 487 g/mol. The van der Waals surface area contributed by atoms with Gasteiger partial charge in [0.25, 0.3) is 11.5 Å². The molecule has 0 radical (unpaired) electrons. The van der Waals surface area contributed by atoms with E-state index >= 15 is 0 Å². The van der Waals surface area contributed by atoms with Crippen LogP contribution >= 0.6 is 0 Å². The number of carbonyl (C=O) groups is 1. The largest absolute Gasteiger partial charge is 0.478 e. The molecule has 2 heterocycles. The van der Waals surface area contributed by atoms with Gasteiger partial charge in [0.2, 0.25) is 5.95 Å². The number of fused-ring (bicyclic) bond motifs is 1. The van der Waals surface area contributed by atoms with Gasteiger partial charge in [-0.2, -0.15) is 5.26 Å². The van der Waals surface area contributed by atoms with Gasteiger partial charge < -0.3 is 19.8 Å². The van der Waals surface area contributed by atoms with Crippen molar-refractivity contribution in [2.45, 2.75) is 45.9 Å². The minimum atomic E-state index is -1.17. The zero-order chi connectivity index (χ0) is 25.9. The third-order valence-electron chi connectivity index (χ3n) is 6.10. The van der Waals surface area contributed by atoms with E-state index in [-0.39, 0.29) is 18.0 Å². The van der Waals surface area contributed by atoms with Crippen molar-refractivity contribution in [2.75, 3.05) is 19.0 Å². The number of aryl methyl sites for hydroxylation is 1. The molecule has 2 aromatic carbocycles. The number of nitrogens with zero attached hydrogens (tertiary/aromatic N) is 4. The number of nitrogens with one attached hydrogen (secondary N) is 1. The fraction of sp³-hybridized carbons (Fsp3) is 0.333. The highest BCUT2D eigenvalue weighted by Crippen LogP contribution is 2.24. The maximum Gasteiger partial charge on any atom is 0.293 e. The Hall–Kier alpha value is -4.32. The van der Waals surface area contributed by atoms with E-state index in [1.165, 1.54) is 12.7 Å². The van der Waals surface area contributed by atoms with Crippen LogP contribution in [0.25, 0.3) is 0 Å². The van der Waals surface area contributed by atoms with Gasteiger partial charge in [0, 0.05) is 19.5 Å². The Labute approximate surface area is 209 Å². The molecular weight excluding hydrogens is 458 g/mol. The maximum atomic E-state index is 13.3. The molecular formula is C27H29N5O4. The van der Waals surface area contributed by atoms with Crippen molar-refractivity contribution in [3.05, 3.63) is 86.8 Å². The second-order valence-electron chi connectivity index (χ2n) is 9.21. The van der Waals surface area contributed by atoms with Gasteiger partial charge in [-0.3, -0.25) is 9.59 Å².